The summed E-state index contributed by atoms with van der Waals surface area (Å²) >= 11 is 9.02. The van der Waals surface area contributed by atoms with Crippen LogP contribution in [0.25, 0.3) is 0 Å². The fourth-order valence-corrected chi connectivity index (χ4v) is 31.6. The molecule has 35 heteroatoms. The van der Waals surface area contributed by atoms with E-state index in [1.165, 1.54) is 82.0 Å². The highest BCUT2D eigenvalue weighted by atomic mass is 33.1. The Morgan fingerprint density at radius 3 is 0.984 bits per heavy atom. The van der Waals surface area contributed by atoms with Crippen LogP contribution in [0.2, 0.25) is 0 Å². The summed E-state index contributed by atoms with van der Waals surface area (Å²) in [4.78, 5) is 94.6. The Kier molecular flexibility index (Phi) is 54.6. The molecule has 0 amide bonds. The maximum absolute atomic E-state index is 15.1. The van der Waals surface area contributed by atoms with Gasteiger partial charge in [0.1, 0.15) is 64.1 Å². The molecule has 0 spiro atoms. The van der Waals surface area contributed by atoms with E-state index in [1.54, 1.807) is 42.5 Å². The summed E-state index contributed by atoms with van der Waals surface area (Å²) in [5, 5.41) is 1.65. The number of hydrogen-bond acceptors (Lipinski definition) is 29. The third-order valence-electron chi connectivity index (χ3n) is 16.1. The van der Waals surface area contributed by atoms with Crippen molar-refractivity contribution < 1.29 is 103 Å². The largest absolute Gasteiger partial charge is 0.461 e. The van der Waals surface area contributed by atoms with Crippen LogP contribution in [0, 0.1) is 0 Å². The van der Waals surface area contributed by atoms with Gasteiger partial charge >= 0.3 is 50.2 Å². The van der Waals surface area contributed by atoms with Gasteiger partial charge in [0.05, 0.1) is 5.30 Å². The van der Waals surface area contributed by atoms with Crippen molar-refractivity contribution in [2.45, 2.75) is 118 Å². The summed E-state index contributed by atoms with van der Waals surface area (Å²) in [5.74, 6) is -0.393. The smallest absolute Gasteiger partial charge is 0.394 e. The van der Waals surface area contributed by atoms with Crippen molar-refractivity contribution in [2.75, 3.05) is 87.2 Å². The lowest BCUT2D eigenvalue weighted by Gasteiger charge is -2.50. The summed E-state index contributed by atoms with van der Waals surface area (Å²) < 4.78 is 115. The number of hydrogen-bond donors (Lipinski definition) is 0. The first-order chi connectivity index (χ1) is 59.6. The molecule has 0 radical (unpaired) electrons. The predicted octanol–water partition coefficient (Wildman–Crippen LogP) is 20.3. The van der Waals surface area contributed by atoms with Gasteiger partial charge in [-0.25, -0.2) is 42.7 Å². The number of ether oxygens (including phenoxy) is 6. The molecule has 6 aromatic rings. The molecule has 0 aliphatic rings. The Morgan fingerprint density at radius 1 is 0.360 bits per heavy atom. The summed E-state index contributed by atoms with van der Waals surface area (Å²) in [6.45, 7) is 38.9. The average Bonchev–Trinajstić information content (AvgIpc) is 0.743. The Hall–Kier alpha value is -7.47. The normalized spacial score (nSPS) is 13.2. The van der Waals surface area contributed by atoms with Crippen LogP contribution in [0.1, 0.15) is 68.2 Å². The van der Waals surface area contributed by atoms with E-state index in [4.69, 9.17) is 46.5 Å². The van der Waals surface area contributed by atoms with E-state index in [-0.39, 0.29) is 63.0 Å². The molecule has 6 rings (SSSR count). The third kappa shape index (κ3) is 44.4. The van der Waals surface area contributed by atoms with E-state index in [0.29, 0.717) is 62.9 Å². The summed E-state index contributed by atoms with van der Waals surface area (Å²) in [5.41, 5.74) is -3.75. The van der Waals surface area contributed by atoms with Gasteiger partial charge in [-0.3, -0.25) is 41.4 Å². The number of benzene rings is 6. The van der Waals surface area contributed by atoms with E-state index in [2.05, 4.69) is 52.6 Å². The van der Waals surface area contributed by atoms with Gasteiger partial charge < -0.3 is 28.4 Å². The molecule has 0 saturated heterocycles. The lowest BCUT2D eigenvalue weighted by molar-refractivity contribution is -0.141. The zero-order chi connectivity index (χ0) is 92.8. The molecular formula is C90H114N2O22P4S7. The van der Waals surface area contributed by atoms with E-state index >= 15 is 4.57 Å². The zero-order valence-corrected chi connectivity index (χ0v) is 81.0. The second kappa shape index (κ2) is 61.1. The average molecular weight is 1920 g/mol. The number of carbonyl (C=O) groups is 8. The minimum absolute atomic E-state index is 0.0579. The highest BCUT2D eigenvalue weighted by molar-refractivity contribution is 8.92. The van der Waals surface area contributed by atoms with E-state index in [9.17, 15) is 52.1 Å². The van der Waals surface area contributed by atoms with Crippen molar-refractivity contribution in [2.24, 2.45) is 0 Å². The molecule has 0 aliphatic heterocycles. The van der Waals surface area contributed by atoms with Crippen molar-refractivity contribution in [3.8, 4) is 0 Å². The number of carbonyl (C=O) groups excluding carboxylic acids is 8. The molecule has 0 heterocycles. The molecule has 0 bridgehead atoms. The van der Waals surface area contributed by atoms with Gasteiger partial charge in [0.25, 0.3) is 0 Å². The van der Waals surface area contributed by atoms with Crippen molar-refractivity contribution >= 4 is 171 Å². The van der Waals surface area contributed by atoms with Crippen LogP contribution in [0.3, 0.4) is 0 Å². The van der Waals surface area contributed by atoms with Gasteiger partial charge in [0, 0.05) is 120 Å². The second-order valence-corrected chi connectivity index (χ2v) is 48.4. The van der Waals surface area contributed by atoms with Crippen LogP contribution in [0.4, 0.5) is 0 Å². The lowest BCUT2D eigenvalue weighted by atomic mass is 10.1. The van der Waals surface area contributed by atoms with Crippen LogP contribution in [-0.4, -0.2) is 178 Å². The van der Waals surface area contributed by atoms with Gasteiger partial charge in [-0.1, -0.05) is 222 Å². The molecule has 0 aromatic heterocycles. The second-order valence-electron chi connectivity index (χ2n) is 27.4. The lowest BCUT2D eigenvalue weighted by Crippen LogP contribution is -2.53. The maximum atomic E-state index is 15.1. The standard InChI is InChI=1S/C25H29O7PS2.C25H29O7PS.C24H37N2O5P.C16H19O3PS4/c1-4-20(17-29-24(26)5-2)31-33(28,35-23-15-11-8-12-16-23)32-21(18-30-25(27)6-3)19-34-22-13-9-7-10-14-22;1-4-20(17-29-24(26)5-2)31-33(28,22-13-9-7-10-14-22)32-21(18-30-25(27)6-3)19-34-23-15-11-8-12-16-23;1-9-21(27)30-18-16-25(23(3,4)5)32(29,20-14-12-11-13-15-20)26(24(6,7)8)17-19-31-22(28)10-2;1-3-15(17)21-10-12-23-20(19,14-8-6-5-7-9-14)24-13-11-22-16(18)4-2/h5-16,20-21H,2-4,17-19H2,1H3;5-16,20-21H,2-4,17-19H2,1H3;9-15H,1-2,16-19H2,3-8H3;3-9H,1-2,10-13H2. The van der Waals surface area contributed by atoms with Gasteiger partial charge in [-0.05, 0) is 151 Å². The van der Waals surface area contributed by atoms with Crippen LogP contribution in [0.5, 0.6) is 0 Å². The molecule has 678 valence electrons. The van der Waals surface area contributed by atoms with E-state index < -0.39 is 98.7 Å². The predicted molar refractivity (Wildman–Crippen MR) is 515 cm³/mol. The van der Waals surface area contributed by atoms with Crippen molar-refractivity contribution in [3.63, 3.8) is 0 Å². The highest BCUT2D eigenvalue weighted by Crippen LogP contribution is 2.68. The SMILES string of the molecule is C=CC(=O)OCC(CC)OP(=O)(OC(COC(=O)C=C)CSc1ccccc1)Sc1ccccc1.C=CC(=O)OCC(CC)OP(=O)(OC(COC(=O)C=C)CSc1ccccc1)c1ccccc1.C=CC(=O)OCCN(C(C)(C)C)P(=O)(c1ccccc1)N(CCOC(=O)C=C)C(C)(C)C.C=CC(=O)SCCSP(=O)(SCCSC(=O)C=C)c1ccccc1. The molecule has 24 nitrogen and oxygen atoms in total. The maximum Gasteiger partial charge on any atom is 0.394 e. The molecule has 125 heavy (non-hydrogen) atoms. The quantitative estimate of drug-likeness (QED) is 0.00855. The Labute approximate surface area is 766 Å². The molecule has 6 aromatic carbocycles. The molecule has 6 unspecified atom stereocenters. The minimum atomic E-state index is -3.91. The fraction of sp³-hybridized carbons (Fsp3) is 0.333. The summed E-state index contributed by atoms with van der Waals surface area (Å²) in [6.07, 6.45) is 6.94. The fourth-order valence-electron chi connectivity index (χ4n) is 10.1. The van der Waals surface area contributed by atoms with Gasteiger partial charge in [0.15, 0.2) is 0 Å². The third-order valence-corrected chi connectivity index (χ3v) is 38.9. The summed E-state index contributed by atoms with van der Waals surface area (Å²) in [6, 6.07) is 55.3. The first-order valence-corrected chi connectivity index (χ1v) is 54.1. The number of thioether (sulfide) groups is 4. The van der Waals surface area contributed by atoms with Crippen LogP contribution in [0.15, 0.2) is 298 Å². The first-order valence-electron chi connectivity index (χ1n) is 39.2. The van der Waals surface area contributed by atoms with Gasteiger partial charge in [0.2, 0.25) is 23.2 Å². The van der Waals surface area contributed by atoms with Gasteiger partial charge in [-0.15, -0.1) is 23.5 Å². The number of rotatable bonds is 53. The van der Waals surface area contributed by atoms with Gasteiger partial charge in [-0.2, -0.15) is 0 Å². The van der Waals surface area contributed by atoms with Crippen LogP contribution in [-0.2, 0) is 103 Å². The number of esters is 6. The molecule has 0 saturated carbocycles. The molecule has 0 aliphatic carbocycles. The molecule has 6 atom stereocenters. The first kappa shape index (κ1) is 112. The Bertz CT molecular complexity index is 4510. The summed E-state index contributed by atoms with van der Waals surface area (Å²) in [7, 11) is -7.35. The highest BCUT2D eigenvalue weighted by Gasteiger charge is 2.48. The number of nitrogens with zero attached hydrogens (tertiary/aromatic N) is 2. The topological polar surface area (TPSA) is 304 Å². The van der Waals surface area contributed by atoms with Crippen molar-refractivity contribution in [3.05, 3.63) is 283 Å². The molecule has 0 fully saturated rings. The monoisotopic (exact) mass is 1920 g/mol. The molecule has 0 N–H and O–H groups in total. The van der Waals surface area contributed by atoms with Crippen LogP contribution >= 0.6 is 109 Å². The molecular weight excluding hydrogens is 1810 g/mol. The Balaban J connectivity index is 0.000000434. The zero-order valence-electron chi connectivity index (χ0n) is 71.7. The van der Waals surface area contributed by atoms with E-state index in [1.807, 2.05) is 204 Å². The minimum Gasteiger partial charge on any atom is -0.461 e. The Morgan fingerprint density at radius 2 is 0.648 bits per heavy atom. The van der Waals surface area contributed by atoms with E-state index in [0.717, 1.165) is 62.9 Å². The van der Waals surface area contributed by atoms with Crippen molar-refractivity contribution in [1.29, 1.82) is 0 Å². The van der Waals surface area contributed by atoms with Crippen molar-refractivity contribution in [1.82, 2.24) is 9.34 Å². The van der Waals surface area contributed by atoms with Crippen LogP contribution < -0.4 is 15.9 Å².